The van der Waals surface area contributed by atoms with Crippen LogP contribution in [0.2, 0.25) is 0 Å². The van der Waals surface area contributed by atoms with E-state index in [-0.39, 0.29) is 12.0 Å². The molecular weight excluding hydrogens is 214 g/mol. The molecule has 1 aliphatic rings. The Morgan fingerprint density at radius 2 is 2.29 bits per heavy atom. The van der Waals surface area contributed by atoms with Crippen LogP contribution in [0, 0.1) is 13.8 Å². The second-order valence-electron chi connectivity index (χ2n) is 4.66. The van der Waals surface area contributed by atoms with Gasteiger partial charge in [-0.25, -0.2) is 0 Å². The third kappa shape index (κ3) is 3.07. The third-order valence-corrected chi connectivity index (χ3v) is 3.14. The summed E-state index contributed by atoms with van der Waals surface area (Å²) in [6, 6.07) is 5.88. The van der Waals surface area contributed by atoms with Gasteiger partial charge in [0.15, 0.2) is 0 Å². The molecule has 0 aliphatic carbocycles. The van der Waals surface area contributed by atoms with Crippen LogP contribution in [0.3, 0.4) is 0 Å². The summed E-state index contributed by atoms with van der Waals surface area (Å²) in [4.78, 5) is 12.0. The minimum Gasteiger partial charge on any atom is -0.376 e. The number of aryl methyl sites for hydroxylation is 2. The fraction of sp³-hybridized carbons (Fsp3) is 0.500. The van der Waals surface area contributed by atoms with Gasteiger partial charge in [0.1, 0.15) is 0 Å². The molecule has 1 aromatic rings. The highest BCUT2D eigenvalue weighted by Crippen LogP contribution is 2.12. The Kier molecular flexibility index (Phi) is 3.79. The molecule has 1 N–H and O–H groups in total. The van der Waals surface area contributed by atoms with Crippen molar-refractivity contribution in [3.63, 3.8) is 0 Å². The molecule has 1 amide bonds. The first-order chi connectivity index (χ1) is 8.16. The second-order valence-corrected chi connectivity index (χ2v) is 4.66. The number of hydrogen-bond acceptors (Lipinski definition) is 2. The molecule has 0 aromatic heterocycles. The lowest BCUT2D eigenvalue weighted by molar-refractivity contribution is 0.0857. The van der Waals surface area contributed by atoms with Crippen LogP contribution in [-0.4, -0.2) is 25.2 Å². The Balaban J connectivity index is 1.94. The first-order valence-corrected chi connectivity index (χ1v) is 6.14. The van der Waals surface area contributed by atoms with Crippen molar-refractivity contribution in [1.29, 1.82) is 0 Å². The first-order valence-electron chi connectivity index (χ1n) is 6.14. The van der Waals surface area contributed by atoms with Crippen LogP contribution in [0.4, 0.5) is 0 Å². The number of ether oxygens (including phenoxy) is 1. The number of nitrogens with one attached hydrogen (secondary N) is 1. The van der Waals surface area contributed by atoms with Crippen LogP contribution >= 0.6 is 0 Å². The van der Waals surface area contributed by atoms with Crippen molar-refractivity contribution in [3.8, 4) is 0 Å². The number of carbonyl (C=O) groups excluding carboxylic acids is 1. The van der Waals surface area contributed by atoms with Crippen LogP contribution < -0.4 is 5.32 Å². The average molecular weight is 233 g/mol. The number of rotatable bonds is 3. The van der Waals surface area contributed by atoms with Crippen molar-refractivity contribution in [2.45, 2.75) is 32.8 Å². The average Bonchev–Trinajstić information content (AvgIpc) is 2.78. The van der Waals surface area contributed by atoms with Gasteiger partial charge in [-0.2, -0.15) is 0 Å². The van der Waals surface area contributed by atoms with E-state index in [1.807, 2.05) is 32.0 Å². The molecule has 1 fully saturated rings. The summed E-state index contributed by atoms with van der Waals surface area (Å²) < 4.78 is 5.47. The fourth-order valence-electron chi connectivity index (χ4n) is 2.18. The molecule has 17 heavy (non-hydrogen) atoms. The molecule has 3 heteroatoms. The van der Waals surface area contributed by atoms with Crippen molar-refractivity contribution in [2.75, 3.05) is 13.2 Å². The molecule has 2 rings (SSSR count). The van der Waals surface area contributed by atoms with Gasteiger partial charge < -0.3 is 10.1 Å². The SMILES string of the molecule is Cc1ccc(C(=O)NC[C@H]2CCCO2)c(C)c1. The summed E-state index contributed by atoms with van der Waals surface area (Å²) in [6.07, 6.45) is 2.35. The minimum atomic E-state index is -0.00185. The molecule has 0 unspecified atom stereocenters. The maximum Gasteiger partial charge on any atom is 0.251 e. The number of benzene rings is 1. The second kappa shape index (κ2) is 5.32. The summed E-state index contributed by atoms with van der Waals surface area (Å²) in [6.45, 7) is 5.44. The number of amides is 1. The monoisotopic (exact) mass is 233 g/mol. The standard InChI is InChI=1S/C14H19NO2/c1-10-5-6-13(11(2)8-10)14(16)15-9-12-4-3-7-17-12/h5-6,8,12H,3-4,7,9H2,1-2H3,(H,15,16)/t12-/m1/s1. The Morgan fingerprint density at radius 1 is 1.47 bits per heavy atom. The van der Waals surface area contributed by atoms with Crippen molar-refractivity contribution in [3.05, 3.63) is 34.9 Å². The minimum absolute atomic E-state index is 0.00185. The Labute approximate surface area is 102 Å². The molecule has 0 spiro atoms. The highest BCUT2D eigenvalue weighted by Gasteiger charge is 2.17. The summed E-state index contributed by atoms with van der Waals surface area (Å²) in [7, 11) is 0. The Hall–Kier alpha value is -1.35. The van der Waals surface area contributed by atoms with Crippen LogP contribution in [0.1, 0.15) is 34.3 Å². The molecule has 1 heterocycles. The van der Waals surface area contributed by atoms with E-state index in [1.165, 1.54) is 5.56 Å². The Bertz CT molecular complexity index is 409. The van der Waals surface area contributed by atoms with E-state index in [0.717, 1.165) is 30.6 Å². The van der Waals surface area contributed by atoms with Gasteiger partial charge in [0, 0.05) is 18.7 Å². The van der Waals surface area contributed by atoms with Crippen molar-refractivity contribution < 1.29 is 9.53 Å². The van der Waals surface area contributed by atoms with E-state index in [1.54, 1.807) is 0 Å². The lowest BCUT2D eigenvalue weighted by atomic mass is 10.1. The van der Waals surface area contributed by atoms with Crippen molar-refractivity contribution in [2.24, 2.45) is 0 Å². The molecule has 1 atom stereocenters. The van der Waals surface area contributed by atoms with Gasteiger partial charge in [-0.05, 0) is 38.3 Å². The molecule has 1 aliphatic heterocycles. The van der Waals surface area contributed by atoms with Gasteiger partial charge in [0.25, 0.3) is 5.91 Å². The van der Waals surface area contributed by atoms with Crippen LogP contribution in [0.25, 0.3) is 0 Å². The van der Waals surface area contributed by atoms with E-state index < -0.39 is 0 Å². The number of hydrogen-bond donors (Lipinski definition) is 1. The maximum atomic E-state index is 12.0. The van der Waals surface area contributed by atoms with E-state index >= 15 is 0 Å². The Morgan fingerprint density at radius 3 is 2.94 bits per heavy atom. The molecule has 1 saturated heterocycles. The maximum absolute atomic E-state index is 12.0. The predicted molar refractivity (Wildman–Crippen MR) is 67.2 cm³/mol. The normalized spacial score (nSPS) is 19.3. The summed E-state index contributed by atoms with van der Waals surface area (Å²) >= 11 is 0. The predicted octanol–water partition coefficient (Wildman–Crippen LogP) is 2.21. The van der Waals surface area contributed by atoms with E-state index in [2.05, 4.69) is 5.32 Å². The smallest absolute Gasteiger partial charge is 0.251 e. The summed E-state index contributed by atoms with van der Waals surface area (Å²) in [5, 5.41) is 2.94. The molecule has 0 bridgehead atoms. The van der Waals surface area contributed by atoms with Crippen molar-refractivity contribution >= 4 is 5.91 Å². The lowest BCUT2D eigenvalue weighted by Gasteiger charge is -2.12. The van der Waals surface area contributed by atoms with Crippen LogP contribution in [-0.2, 0) is 4.74 Å². The molecule has 1 aromatic carbocycles. The molecule has 0 radical (unpaired) electrons. The van der Waals surface area contributed by atoms with Gasteiger partial charge in [-0.3, -0.25) is 4.79 Å². The fourth-order valence-corrected chi connectivity index (χ4v) is 2.18. The van der Waals surface area contributed by atoms with Gasteiger partial charge in [0.05, 0.1) is 6.10 Å². The largest absolute Gasteiger partial charge is 0.376 e. The van der Waals surface area contributed by atoms with E-state index in [4.69, 9.17) is 4.74 Å². The van der Waals surface area contributed by atoms with Crippen LogP contribution in [0.5, 0.6) is 0 Å². The van der Waals surface area contributed by atoms with E-state index in [0.29, 0.717) is 6.54 Å². The van der Waals surface area contributed by atoms with Gasteiger partial charge in [0.2, 0.25) is 0 Å². The van der Waals surface area contributed by atoms with Crippen molar-refractivity contribution in [1.82, 2.24) is 5.32 Å². The van der Waals surface area contributed by atoms with Gasteiger partial charge in [-0.15, -0.1) is 0 Å². The topological polar surface area (TPSA) is 38.3 Å². The zero-order valence-corrected chi connectivity index (χ0v) is 10.5. The molecule has 3 nitrogen and oxygen atoms in total. The van der Waals surface area contributed by atoms with Gasteiger partial charge >= 0.3 is 0 Å². The van der Waals surface area contributed by atoms with Crippen LogP contribution in [0.15, 0.2) is 18.2 Å². The summed E-state index contributed by atoms with van der Waals surface area (Å²) in [5.74, 6) is -0.00185. The van der Waals surface area contributed by atoms with E-state index in [9.17, 15) is 4.79 Å². The number of carbonyl (C=O) groups is 1. The quantitative estimate of drug-likeness (QED) is 0.869. The zero-order chi connectivity index (χ0) is 12.3. The summed E-state index contributed by atoms with van der Waals surface area (Å²) in [5.41, 5.74) is 2.96. The molecule has 92 valence electrons. The molecular formula is C14H19NO2. The molecule has 0 saturated carbocycles. The third-order valence-electron chi connectivity index (χ3n) is 3.14. The highest BCUT2D eigenvalue weighted by molar-refractivity contribution is 5.95. The highest BCUT2D eigenvalue weighted by atomic mass is 16.5. The van der Waals surface area contributed by atoms with Gasteiger partial charge in [-0.1, -0.05) is 17.7 Å². The zero-order valence-electron chi connectivity index (χ0n) is 10.5. The lowest BCUT2D eigenvalue weighted by Crippen LogP contribution is -2.32. The first kappa shape index (κ1) is 12.1.